The smallest absolute Gasteiger partial charge is 0.0894 e. The van der Waals surface area contributed by atoms with Gasteiger partial charge >= 0.3 is 0 Å². The van der Waals surface area contributed by atoms with Crippen LogP contribution in [0, 0.1) is 5.92 Å². The highest BCUT2D eigenvalue weighted by molar-refractivity contribution is 4.51. The Morgan fingerprint density at radius 1 is 0.400 bits per heavy atom. The number of hydrogen-bond acceptors (Lipinski definition) is 0. The van der Waals surface area contributed by atoms with Crippen molar-refractivity contribution in [2.24, 2.45) is 5.92 Å². The van der Waals surface area contributed by atoms with E-state index in [2.05, 4.69) is 13.8 Å². The van der Waals surface area contributed by atoms with Crippen molar-refractivity contribution in [3.8, 4) is 0 Å². The van der Waals surface area contributed by atoms with Gasteiger partial charge in [0.2, 0.25) is 0 Å². The zero-order valence-corrected chi connectivity index (χ0v) is 17.8. The van der Waals surface area contributed by atoms with E-state index in [1.165, 1.54) is 116 Å². The maximum Gasteiger partial charge on any atom is 0.0894 e. The molecule has 0 radical (unpaired) electrons. The average molecular weight is 357 g/mol. The zero-order chi connectivity index (χ0) is 18.4. The van der Waals surface area contributed by atoms with Crippen LogP contribution < -0.4 is 0 Å². The second-order valence-corrected chi connectivity index (χ2v) is 8.59. The Kier molecular flexibility index (Phi) is 21.9. The van der Waals surface area contributed by atoms with Crippen molar-refractivity contribution in [3.63, 3.8) is 0 Å². The van der Waals surface area contributed by atoms with Crippen LogP contribution in [0.3, 0.4) is 0 Å². The van der Waals surface area contributed by atoms with E-state index in [-0.39, 0.29) is 6.67 Å². The van der Waals surface area contributed by atoms with Gasteiger partial charge in [-0.15, -0.1) is 0 Å². The second-order valence-electron chi connectivity index (χ2n) is 8.59. The van der Waals surface area contributed by atoms with Crippen LogP contribution in [0.5, 0.6) is 0 Å². The molecule has 0 aliphatic heterocycles. The fraction of sp³-hybridized carbons (Fsp3) is 1.00. The molecule has 0 aromatic rings. The quantitative estimate of drug-likeness (QED) is 0.180. The van der Waals surface area contributed by atoms with Crippen molar-refractivity contribution >= 4 is 0 Å². The zero-order valence-electron chi connectivity index (χ0n) is 17.8. The number of hydrogen-bond donors (Lipinski definition) is 0. The van der Waals surface area contributed by atoms with E-state index >= 15 is 0 Å². The highest BCUT2D eigenvalue weighted by Gasteiger charge is 1.96. The topological polar surface area (TPSA) is 0 Å². The molecule has 25 heavy (non-hydrogen) atoms. The first-order valence-corrected chi connectivity index (χ1v) is 11.8. The molecule has 152 valence electrons. The Hall–Kier alpha value is -0.0700. The first-order valence-electron chi connectivity index (χ1n) is 11.8. The molecule has 0 amide bonds. The molecule has 0 saturated carbocycles. The molecule has 0 atom stereocenters. The van der Waals surface area contributed by atoms with Crippen LogP contribution in [-0.4, -0.2) is 6.67 Å². The average Bonchev–Trinajstić information content (AvgIpc) is 2.60. The molecule has 0 heterocycles. The lowest BCUT2D eigenvalue weighted by Crippen LogP contribution is -1.87. The summed E-state index contributed by atoms with van der Waals surface area (Å²) < 4.78 is 11.9. The first-order chi connectivity index (χ1) is 12.3. The van der Waals surface area contributed by atoms with Crippen molar-refractivity contribution < 1.29 is 4.39 Å². The SMILES string of the molecule is CC(C)CCCCCCCCCCCCCCCCCCCCCF. The number of rotatable bonds is 21. The van der Waals surface area contributed by atoms with Crippen LogP contribution in [0.15, 0.2) is 0 Å². The summed E-state index contributed by atoms with van der Waals surface area (Å²) in [7, 11) is 0. The Bertz CT molecular complexity index is 224. The molecule has 0 N–H and O–H groups in total. The van der Waals surface area contributed by atoms with Gasteiger partial charge in [-0.05, 0) is 12.3 Å². The molecule has 0 nitrogen and oxygen atoms in total. The van der Waals surface area contributed by atoms with Gasteiger partial charge in [-0.2, -0.15) is 0 Å². The summed E-state index contributed by atoms with van der Waals surface area (Å²) >= 11 is 0. The summed E-state index contributed by atoms with van der Waals surface area (Å²) in [6.07, 6.45) is 27.5. The maximum absolute atomic E-state index is 11.9. The third-order valence-electron chi connectivity index (χ3n) is 5.42. The molecular weight excluding hydrogens is 307 g/mol. The van der Waals surface area contributed by atoms with Crippen LogP contribution >= 0.6 is 0 Å². The van der Waals surface area contributed by atoms with Gasteiger partial charge in [0.25, 0.3) is 0 Å². The van der Waals surface area contributed by atoms with Gasteiger partial charge in [-0.25, -0.2) is 0 Å². The van der Waals surface area contributed by atoms with E-state index in [1.807, 2.05) is 0 Å². The summed E-state index contributed by atoms with van der Waals surface area (Å²) in [6, 6.07) is 0. The third kappa shape index (κ3) is 23.9. The predicted molar refractivity (Wildman–Crippen MR) is 113 cm³/mol. The molecule has 1 heteroatoms. The van der Waals surface area contributed by atoms with Crippen molar-refractivity contribution in [3.05, 3.63) is 0 Å². The summed E-state index contributed by atoms with van der Waals surface area (Å²) in [5.41, 5.74) is 0. The van der Waals surface area contributed by atoms with Crippen LogP contribution in [0.25, 0.3) is 0 Å². The van der Waals surface area contributed by atoms with E-state index in [0.29, 0.717) is 0 Å². The normalized spacial score (nSPS) is 11.5. The lowest BCUT2D eigenvalue weighted by molar-refractivity contribution is 0.448. The molecule has 0 unspecified atom stereocenters. The van der Waals surface area contributed by atoms with Gasteiger partial charge in [0.05, 0.1) is 6.67 Å². The van der Waals surface area contributed by atoms with E-state index in [0.717, 1.165) is 18.8 Å². The molecule has 0 bridgehead atoms. The Morgan fingerprint density at radius 2 is 0.640 bits per heavy atom. The van der Waals surface area contributed by atoms with Crippen molar-refractivity contribution in [2.75, 3.05) is 6.67 Å². The minimum absolute atomic E-state index is 0.127. The molecule has 0 aliphatic carbocycles. The fourth-order valence-electron chi connectivity index (χ4n) is 3.65. The van der Waals surface area contributed by atoms with Gasteiger partial charge in [0.15, 0.2) is 0 Å². The fourth-order valence-corrected chi connectivity index (χ4v) is 3.65. The summed E-state index contributed by atoms with van der Waals surface area (Å²) in [4.78, 5) is 0. The number of alkyl halides is 1. The lowest BCUT2D eigenvalue weighted by atomic mass is 10.0. The molecular formula is C24H49F. The van der Waals surface area contributed by atoms with Gasteiger partial charge < -0.3 is 0 Å². The van der Waals surface area contributed by atoms with Crippen molar-refractivity contribution in [1.82, 2.24) is 0 Å². The van der Waals surface area contributed by atoms with Crippen molar-refractivity contribution in [1.29, 1.82) is 0 Å². The van der Waals surface area contributed by atoms with Gasteiger partial charge in [0, 0.05) is 0 Å². The van der Waals surface area contributed by atoms with Crippen LogP contribution in [0.4, 0.5) is 4.39 Å². The van der Waals surface area contributed by atoms with E-state index in [9.17, 15) is 4.39 Å². The largest absolute Gasteiger partial charge is 0.251 e. The van der Waals surface area contributed by atoms with Gasteiger partial charge in [-0.1, -0.05) is 136 Å². The first kappa shape index (κ1) is 24.9. The highest BCUT2D eigenvalue weighted by Crippen LogP contribution is 2.15. The summed E-state index contributed by atoms with van der Waals surface area (Å²) in [5, 5.41) is 0. The van der Waals surface area contributed by atoms with Crippen LogP contribution in [0.2, 0.25) is 0 Å². The Labute approximate surface area is 159 Å². The number of unbranched alkanes of at least 4 members (excludes halogenated alkanes) is 18. The molecule has 0 aliphatic rings. The lowest BCUT2D eigenvalue weighted by Gasteiger charge is -2.05. The minimum Gasteiger partial charge on any atom is -0.251 e. The summed E-state index contributed by atoms with van der Waals surface area (Å²) in [6.45, 7) is 4.54. The predicted octanol–water partition coefficient (Wildman–Crippen LogP) is 9.41. The third-order valence-corrected chi connectivity index (χ3v) is 5.42. The standard InChI is InChI=1S/C24H49F/c1-24(2)22-20-18-16-14-12-10-8-6-4-3-5-7-9-11-13-15-17-19-21-23-25/h24H,3-23H2,1-2H3. The molecule has 0 saturated heterocycles. The highest BCUT2D eigenvalue weighted by atomic mass is 19.1. The second kappa shape index (κ2) is 22.0. The van der Waals surface area contributed by atoms with E-state index < -0.39 is 0 Å². The van der Waals surface area contributed by atoms with Gasteiger partial charge in [0.1, 0.15) is 0 Å². The summed E-state index contributed by atoms with van der Waals surface area (Å²) in [5.74, 6) is 0.887. The molecule has 0 spiro atoms. The Morgan fingerprint density at radius 3 is 0.880 bits per heavy atom. The van der Waals surface area contributed by atoms with Crippen LogP contribution in [0.1, 0.15) is 142 Å². The maximum atomic E-state index is 11.9. The van der Waals surface area contributed by atoms with Crippen molar-refractivity contribution in [2.45, 2.75) is 142 Å². The Balaban J connectivity index is 2.96. The molecule has 0 fully saturated rings. The molecule has 0 aromatic heterocycles. The van der Waals surface area contributed by atoms with Gasteiger partial charge in [-0.3, -0.25) is 4.39 Å². The van der Waals surface area contributed by atoms with E-state index in [1.54, 1.807) is 0 Å². The number of halogens is 1. The molecule has 0 rings (SSSR count). The minimum atomic E-state index is -0.127. The van der Waals surface area contributed by atoms with E-state index in [4.69, 9.17) is 0 Å². The monoisotopic (exact) mass is 356 g/mol. The molecule has 0 aromatic carbocycles. The van der Waals surface area contributed by atoms with Crippen LogP contribution in [-0.2, 0) is 0 Å².